The summed E-state index contributed by atoms with van der Waals surface area (Å²) in [4.78, 5) is 31.0. The number of nitrogens with zero attached hydrogens (tertiary/aromatic N) is 3. The molecule has 10 nitrogen and oxygen atoms in total. The number of methoxy groups -OCH3 is 1. The highest BCUT2D eigenvalue weighted by atomic mass is 35.5. The van der Waals surface area contributed by atoms with Gasteiger partial charge in [0.15, 0.2) is 0 Å². The lowest BCUT2D eigenvalue weighted by Gasteiger charge is -2.11. The highest BCUT2D eigenvalue weighted by Gasteiger charge is 2.23. The third kappa shape index (κ3) is 4.92. The first-order valence-corrected chi connectivity index (χ1v) is 9.04. The first-order valence-electron chi connectivity index (χ1n) is 8.66. The monoisotopic (exact) mass is 428 g/mol. The van der Waals surface area contributed by atoms with Crippen LogP contribution < -0.4 is 20.9 Å². The van der Waals surface area contributed by atoms with Gasteiger partial charge in [-0.2, -0.15) is 0 Å². The van der Waals surface area contributed by atoms with Crippen LogP contribution in [0.2, 0.25) is 5.02 Å². The van der Waals surface area contributed by atoms with E-state index in [0.717, 1.165) is 11.9 Å². The van der Waals surface area contributed by atoms with Crippen LogP contribution in [0.1, 0.15) is 15.9 Å². The summed E-state index contributed by atoms with van der Waals surface area (Å²) in [5.41, 5.74) is 5.52. The fourth-order valence-corrected chi connectivity index (χ4v) is 2.73. The Morgan fingerprint density at radius 2 is 1.83 bits per heavy atom. The number of carbonyl (C=O) groups is 1. The van der Waals surface area contributed by atoms with Gasteiger partial charge in [-0.3, -0.25) is 25.8 Å². The Morgan fingerprint density at radius 3 is 2.50 bits per heavy atom. The minimum Gasteiger partial charge on any atom is -0.497 e. The molecule has 0 saturated heterocycles. The number of aromatic nitrogens is 2. The molecular weight excluding hydrogens is 412 g/mol. The molecule has 2 aromatic carbocycles. The molecule has 0 bridgehead atoms. The SMILES string of the molecule is COc1ccc(C(=O)NNc2ncnc(NCc3ccccc3Cl)c2[N+](=O)[O-])cc1. The van der Waals surface area contributed by atoms with Gasteiger partial charge in [0, 0.05) is 17.1 Å². The molecule has 3 N–H and O–H groups in total. The molecule has 3 aromatic rings. The predicted molar refractivity (Wildman–Crippen MR) is 112 cm³/mol. The van der Waals surface area contributed by atoms with Crippen molar-refractivity contribution in [2.24, 2.45) is 0 Å². The normalized spacial score (nSPS) is 10.2. The van der Waals surface area contributed by atoms with E-state index in [-0.39, 0.29) is 18.2 Å². The van der Waals surface area contributed by atoms with Gasteiger partial charge < -0.3 is 10.1 Å². The number of nitro groups is 1. The van der Waals surface area contributed by atoms with Crippen LogP contribution in [0.3, 0.4) is 0 Å². The van der Waals surface area contributed by atoms with Crippen molar-refractivity contribution in [3.63, 3.8) is 0 Å². The van der Waals surface area contributed by atoms with Crippen LogP contribution in [-0.2, 0) is 6.54 Å². The summed E-state index contributed by atoms with van der Waals surface area (Å²) in [5, 5.41) is 15.0. The van der Waals surface area contributed by atoms with E-state index in [1.54, 1.807) is 48.5 Å². The molecule has 0 aliphatic heterocycles. The van der Waals surface area contributed by atoms with E-state index in [9.17, 15) is 14.9 Å². The second-order valence-corrected chi connectivity index (χ2v) is 6.34. The predicted octanol–water partition coefficient (Wildman–Crippen LogP) is 3.42. The maximum absolute atomic E-state index is 12.3. The van der Waals surface area contributed by atoms with Crippen LogP contribution >= 0.6 is 11.6 Å². The Bertz CT molecular complexity index is 1060. The van der Waals surface area contributed by atoms with Gasteiger partial charge in [-0.25, -0.2) is 9.97 Å². The molecule has 30 heavy (non-hydrogen) atoms. The number of amides is 1. The average molecular weight is 429 g/mol. The smallest absolute Gasteiger partial charge is 0.354 e. The second-order valence-electron chi connectivity index (χ2n) is 5.93. The third-order valence-corrected chi connectivity index (χ3v) is 4.42. The molecule has 0 spiro atoms. The first kappa shape index (κ1) is 20.8. The van der Waals surface area contributed by atoms with E-state index in [2.05, 4.69) is 26.1 Å². The molecule has 0 atom stereocenters. The number of hydrogen-bond acceptors (Lipinski definition) is 8. The summed E-state index contributed by atoms with van der Waals surface area (Å²) >= 11 is 6.11. The third-order valence-electron chi connectivity index (χ3n) is 4.06. The molecule has 1 amide bonds. The minimum absolute atomic E-state index is 0.0175. The summed E-state index contributed by atoms with van der Waals surface area (Å²) in [6.07, 6.45) is 1.14. The molecule has 0 aliphatic rings. The molecule has 1 aromatic heterocycles. The van der Waals surface area contributed by atoms with Crippen molar-refractivity contribution in [3.8, 4) is 5.75 Å². The number of nitrogens with one attached hydrogen (secondary N) is 3. The molecule has 0 unspecified atom stereocenters. The number of halogens is 1. The Morgan fingerprint density at radius 1 is 1.13 bits per heavy atom. The van der Waals surface area contributed by atoms with Crippen molar-refractivity contribution in [2.75, 3.05) is 17.9 Å². The van der Waals surface area contributed by atoms with Crippen molar-refractivity contribution in [3.05, 3.63) is 81.1 Å². The van der Waals surface area contributed by atoms with E-state index in [4.69, 9.17) is 16.3 Å². The molecule has 11 heteroatoms. The number of carbonyl (C=O) groups excluding carboxylic acids is 1. The lowest BCUT2D eigenvalue weighted by molar-refractivity contribution is -0.383. The number of hydrazine groups is 1. The van der Waals surface area contributed by atoms with Crippen molar-refractivity contribution >= 4 is 34.8 Å². The summed E-state index contributed by atoms with van der Waals surface area (Å²) in [6, 6.07) is 13.5. The van der Waals surface area contributed by atoms with Crippen LogP contribution in [0.25, 0.3) is 0 Å². The van der Waals surface area contributed by atoms with Gasteiger partial charge in [-0.05, 0) is 35.9 Å². The summed E-state index contributed by atoms with van der Waals surface area (Å²) in [5.74, 6) is -0.0917. The molecule has 0 aliphatic carbocycles. The van der Waals surface area contributed by atoms with Gasteiger partial charge >= 0.3 is 5.69 Å². The van der Waals surface area contributed by atoms with E-state index >= 15 is 0 Å². The van der Waals surface area contributed by atoms with Crippen molar-refractivity contribution < 1.29 is 14.5 Å². The van der Waals surface area contributed by atoms with Crippen LogP contribution in [0, 0.1) is 10.1 Å². The lowest BCUT2D eigenvalue weighted by atomic mass is 10.2. The molecular formula is C19H17ClN6O4. The zero-order chi connectivity index (χ0) is 21.5. The molecule has 0 radical (unpaired) electrons. The lowest BCUT2D eigenvalue weighted by Crippen LogP contribution is -2.30. The van der Waals surface area contributed by atoms with Crippen LogP contribution in [0.5, 0.6) is 5.75 Å². The van der Waals surface area contributed by atoms with Gasteiger partial charge in [-0.1, -0.05) is 29.8 Å². The van der Waals surface area contributed by atoms with Crippen molar-refractivity contribution in [1.29, 1.82) is 0 Å². The molecule has 0 saturated carbocycles. The highest BCUT2D eigenvalue weighted by molar-refractivity contribution is 6.31. The summed E-state index contributed by atoms with van der Waals surface area (Å²) in [6.45, 7) is 0.217. The van der Waals surface area contributed by atoms with Gasteiger partial charge in [0.05, 0.1) is 12.0 Å². The fourth-order valence-electron chi connectivity index (χ4n) is 2.52. The highest BCUT2D eigenvalue weighted by Crippen LogP contribution is 2.29. The first-order chi connectivity index (χ1) is 14.5. The van der Waals surface area contributed by atoms with Crippen LogP contribution in [0.15, 0.2) is 54.9 Å². The van der Waals surface area contributed by atoms with Gasteiger partial charge in [0.25, 0.3) is 5.91 Å². The van der Waals surface area contributed by atoms with E-state index < -0.39 is 16.5 Å². The number of hydrogen-bond donors (Lipinski definition) is 3. The van der Waals surface area contributed by atoms with E-state index in [1.807, 2.05) is 0 Å². The van der Waals surface area contributed by atoms with Gasteiger partial charge in [-0.15, -0.1) is 0 Å². The van der Waals surface area contributed by atoms with E-state index in [1.165, 1.54) is 7.11 Å². The Labute approximate surface area is 176 Å². The quantitative estimate of drug-likeness (QED) is 0.367. The zero-order valence-electron chi connectivity index (χ0n) is 15.8. The topological polar surface area (TPSA) is 131 Å². The Kier molecular flexibility index (Phi) is 6.60. The zero-order valence-corrected chi connectivity index (χ0v) is 16.5. The molecule has 0 fully saturated rings. The van der Waals surface area contributed by atoms with Crippen LogP contribution in [0.4, 0.5) is 17.3 Å². The largest absolute Gasteiger partial charge is 0.497 e. The molecule has 3 rings (SSSR count). The number of benzene rings is 2. The van der Waals surface area contributed by atoms with Crippen molar-refractivity contribution in [1.82, 2.24) is 15.4 Å². The minimum atomic E-state index is -0.642. The fraction of sp³-hybridized carbons (Fsp3) is 0.105. The summed E-state index contributed by atoms with van der Waals surface area (Å²) < 4.78 is 5.04. The number of ether oxygens (including phenoxy) is 1. The number of anilines is 2. The van der Waals surface area contributed by atoms with E-state index in [0.29, 0.717) is 16.3 Å². The maximum atomic E-state index is 12.3. The van der Waals surface area contributed by atoms with Crippen LogP contribution in [-0.4, -0.2) is 27.9 Å². The Balaban J connectivity index is 1.74. The molecule has 154 valence electrons. The summed E-state index contributed by atoms with van der Waals surface area (Å²) in [7, 11) is 1.52. The maximum Gasteiger partial charge on any atom is 0.354 e. The van der Waals surface area contributed by atoms with Crippen molar-refractivity contribution in [2.45, 2.75) is 6.54 Å². The number of rotatable bonds is 8. The molecule has 1 heterocycles. The standard InChI is InChI=1S/C19H17ClN6O4/c1-30-14-8-6-12(7-9-14)19(27)25-24-18-16(26(28)29)17(22-11-23-18)21-10-13-4-2-3-5-15(13)20/h2-9,11H,10H2,1H3,(H,25,27)(H2,21,22,23,24). The second kappa shape index (κ2) is 9.52. The Hall–Kier alpha value is -3.92. The average Bonchev–Trinajstić information content (AvgIpc) is 2.76. The van der Waals surface area contributed by atoms with Gasteiger partial charge in [0.1, 0.15) is 12.1 Å². The van der Waals surface area contributed by atoms with Gasteiger partial charge in [0.2, 0.25) is 11.6 Å².